The van der Waals surface area contributed by atoms with Gasteiger partial charge in [0.1, 0.15) is 22.7 Å². The largest absolute Gasteiger partial charge is 0.480 e. The molecular formula is C10H14N2O5S2. The van der Waals surface area contributed by atoms with Crippen LogP contribution in [0.15, 0.2) is 10.6 Å². The van der Waals surface area contributed by atoms with E-state index >= 15 is 0 Å². The van der Waals surface area contributed by atoms with Crippen LogP contribution in [0.2, 0.25) is 0 Å². The number of nitrogens with zero attached hydrogens (tertiary/aromatic N) is 1. The first-order chi connectivity index (χ1) is 8.83. The lowest BCUT2D eigenvalue weighted by Gasteiger charge is -2.23. The molecule has 9 heteroatoms. The maximum atomic E-state index is 12.0. The molecule has 2 rings (SSSR count). The number of nitrogens with one attached hydrogen (secondary N) is 1. The Morgan fingerprint density at radius 3 is 2.89 bits per heavy atom. The number of rotatable bonds is 5. The van der Waals surface area contributed by atoms with E-state index in [2.05, 4.69) is 9.88 Å². The first-order valence-electron chi connectivity index (χ1n) is 5.58. The van der Waals surface area contributed by atoms with Gasteiger partial charge in [-0.1, -0.05) is 5.16 Å². The van der Waals surface area contributed by atoms with Crippen molar-refractivity contribution in [2.45, 2.75) is 24.6 Å². The quantitative estimate of drug-likeness (QED) is 0.808. The molecule has 0 bridgehead atoms. The molecule has 1 aliphatic heterocycles. The van der Waals surface area contributed by atoms with Crippen LogP contribution < -0.4 is 4.72 Å². The van der Waals surface area contributed by atoms with E-state index in [9.17, 15) is 18.3 Å². The first-order valence-corrected chi connectivity index (χ1v) is 8.39. The maximum absolute atomic E-state index is 12.0. The Morgan fingerprint density at radius 2 is 2.42 bits per heavy atom. The molecule has 1 aromatic rings. The third kappa shape index (κ3) is 3.28. The second-order valence-electron chi connectivity index (χ2n) is 4.48. The molecule has 1 atom stereocenters. The van der Waals surface area contributed by atoms with Crippen molar-refractivity contribution >= 4 is 27.8 Å². The Bertz CT molecular complexity index is 574. The van der Waals surface area contributed by atoms with Crippen LogP contribution in [-0.2, 0) is 20.6 Å². The van der Waals surface area contributed by atoms with Gasteiger partial charge < -0.3 is 9.63 Å². The molecule has 1 unspecified atom stereocenters. The van der Waals surface area contributed by atoms with Crippen molar-refractivity contribution in [3.8, 4) is 0 Å². The van der Waals surface area contributed by atoms with Crippen molar-refractivity contribution in [1.29, 1.82) is 0 Å². The summed E-state index contributed by atoms with van der Waals surface area (Å²) in [6, 6.07) is 1.51. The lowest BCUT2D eigenvalue weighted by Crippen LogP contribution is -2.54. The first kappa shape index (κ1) is 14.4. The summed E-state index contributed by atoms with van der Waals surface area (Å²) < 4.78 is 31.1. The zero-order chi connectivity index (χ0) is 14.1. The Balaban J connectivity index is 2.14. The Hall–Kier alpha value is -1.06. The number of aliphatic carboxylic acids is 1. The predicted octanol–water partition coefficient (Wildman–Crippen LogP) is 0.363. The molecule has 2 N–H and O–H groups in total. The summed E-state index contributed by atoms with van der Waals surface area (Å²) in [5.41, 5.74) is -1.14. The minimum atomic E-state index is -3.77. The summed E-state index contributed by atoms with van der Waals surface area (Å²) >= 11 is 1.42. The van der Waals surface area contributed by atoms with E-state index in [-0.39, 0.29) is 23.6 Å². The summed E-state index contributed by atoms with van der Waals surface area (Å²) in [7, 11) is -3.77. The Labute approximate surface area is 114 Å². The third-order valence-electron chi connectivity index (χ3n) is 2.80. The summed E-state index contributed by atoms with van der Waals surface area (Å²) in [6.07, 6.45) is 0.282. The zero-order valence-corrected chi connectivity index (χ0v) is 11.9. The second kappa shape index (κ2) is 5.14. The number of thioether (sulfide) groups is 1. The number of hydrogen-bond acceptors (Lipinski definition) is 6. The number of aromatic nitrogens is 1. The fraction of sp³-hybridized carbons (Fsp3) is 0.600. The van der Waals surface area contributed by atoms with Crippen molar-refractivity contribution in [3.05, 3.63) is 17.5 Å². The summed E-state index contributed by atoms with van der Waals surface area (Å²) in [6.45, 7) is 1.66. The van der Waals surface area contributed by atoms with E-state index in [4.69, 9.17) is 4.52 Å². The molecule has 0 aliphatic carbocycles. The molecule has 0 saturated carbocycles. The second-order valence-corrected chi connectivity index (χ2v) is 7.31. The van der Waals surface area contributed by atoms with Gasteiger partial charge in [0, 0.05) is 11.8 Å². The fourth-order valence-corrected chi connectivity index (χ4v) is 4.74. The van der Waals surface area contributed by atoms with Gasteiger partial charge in [0.25, 0.3) is 0 Å². The van der Waals surface area contributed by atoms with Crippen molar-refractivity contribution in [2.24, 2.45) is 0 Å². The van der Waals surface area contributed by atoms with Crippen molar-refractivity contribution in [1.82, 2.24) is 9.88 Å². The number of carbonyl (C=O) groups is 1. The van der Waals surface area contributed by atoms with Crippen LogP contribution in [0.1, 0.15) is 17.9 Å². The summed E-state index contributed by atoms with van der Waals surface area (Å²) in [5, 5.41) is 12.8. The molecule has 1 saturated heterocycles. The number of carboxylic acids is 1. The smallest absolute Gasteiger partial charge is 0.325 e. The monoisotopic (exact) mass is 306 g/mol. The van der Waals surface area contributed by atoms with E-state index in [1.54, 1.807) is 6.92 Å². The number of hydrogen-bond donors (Lipinski definition) is 2. The van der Waals surface area contributed by atoms with Gasteiger partial charge in [0.05, 0.1) is 0 Å². The minimum absolute atomic E-state index is 0.236. The number of carboxylic acid groups (broad SMARTS) is 1. The molecule has 106 valence electrons. The zero-order valence-electron chi connectivity index (χ0n) is 10.2. The normalized spacial score (nSPS) is 23.6. The fourth-order valence-electron chi connectivity index (χ4n) is 1.87. The average Bonchev–Trinajstić information content (AvgIpc) is 2.88. The molecule has 0 amide bonds. The average molecular weight is 306 g/mol. The van der Waals surface area contributed by atoms with Crippen LogP contribution in [0.25, 0.3) is 0 Å². The van der Waals surface area contributed by atoms with Crippen LogP contribution in [0, 0.1) is 6.92 Å². The van der Waals surface area contributed by atoms with Gasteiger partial charge in [-0.3, -0.25) is 4.79 Å². The molecule has 0 spiro atoms. The minimum Gasteiger partial charge on any atom is -0.480 e. The van der Waals surface area contributed by atoms with Gasteiger partial charge in [-0.25, -0.2) is 8.42 Å². The molecule has 0 radical (unpaired) electrons. The Morgan fingerprint density at radius 1 is 1.68 bits per heavy atom. The Kier molecular flexibility index (Phi) is 3.88. The topological polar surface area (TPSA) is 110 Å². The van der Waals surface area contributed by atoms with E-state index in [0.717, 1.165) is 0 Å². The van der Waals surface area contributed by atoms with Gasteiger partial charge in [-0.05, 0) is 19.1 Å². The third-order valence-corrected chi connectivity index (χ3v) is 5.36. The highest BCUT2D eigenvalue weighted by atomic mass is 32.2. The molecule has 19 heavy (non-hydrogen) atoms. The van der Waals surface area contributed by atoms with Gasteiger partial charge in [0.15, 0.2) is 0 Å². The molecular weight excluding hydrogens is 292 g/mol. The van der Waals surface area contributed by atoms with Gasteiger partial charge in [-0.2, -0.15) is 16.5 Å². The standard InChI is InChI=1S/C10H14N2O5S2/c1-7-4-8(11-17-7)5-19(15,16)12-10(9(13)14)2-3-18-6-10/h4,12H,2-3,5-6H2,1H3,(H,13,14). The SMILES string of the molecule is Cc1cc(CS(=O)(=O)NC2(C(=O)O)CCSC2)no1. The highest BCUT2D eigenvalue weighted by molar-refractivity contribution is 7.99. The summed E-state index contributed by atoms with van der Waals surface area (Å²) in [4.78, 5) is 11.3. The predicted molar refractivity (Wildman–Crippen MR) is 69.3 cm³/mol. The molecule has 1 aliphatic rings. The van der Waals surface area contributed by atoms with Crippen LogP contribution in [0.4, 0.5) is 0 Å². The molecule has 1 aromatic heterocycles. The van der Waals surface area contributed by atoms with E-state index in [0.29, 0.717) is 11.5 Å². The van der Waals surface area contributed by atoms with E-state index < -0.39 is 21.5 Å². The molecule has 2 heterocycles. The van der Waals surface area contributed by atoms with Crippen LogP contribution in [-0.4, -0.2) is 41.7 Å². The van der Waals surface area contributed by atoms with E-state index in [1.807, 2.05) is 0 Å². The van der Waals surface area contributed by atoms with Crippen LogP contribution in [0.3, 0.4) is 0 Å². The van der Waals surface area contributed by atoms with Crippen molar-refractivity contribution < 1.29 is 22.8 Å². The van der Waals surface area contributed by atoms with Crippen molar-refractivity contribution in [2.75, 3.05) is 11.5 Å². The van der Waals surface area contributed by atoms with Gasteiger partial charge >= 0.3 is 5.97 Å². The summed E-state index contributed by atoms with van der Waals surface area (Å²) in [5.74, 6) is -0.159. The van der Waals surface area contributed by atoms with Crippen molar-refractivity contribution in [3.63, 3.8) is 0 Å². The lowest BCUT2D eigenvalue weighted by molar-refractivity contribution is -0.142. The van der Waals surface area contributed by atoms with Gasteiger partial charge in [0.2, 0.25) is 10.0 Å². The van der Waals surface area contributed by atoms with Gasteiger partial charge in [-0.15, -0.1) is 0 Å². The maximum Gasteiger partial charge on any atom is 0.325 e. The number of aryl methyl sites for hydroxylation is 1. The molecule has 7 nitrogen and oxygen atoms in total. The molecule has 0 aromatic carbocycles. The highest BCUT2D eigenvalue weighted by Crippen LogP contribution is 2.29. The van der Waals surface area contributed by atoms with Crippen LogP contribution in [0.5, 0.6) is 0 Å². The number of sulfonamides is 1. The molecule has 1 fully saturated rings. The highest BCUT2D eigenvalue weighted by Gasteiger charge is 2.45. The van der Waals surface area contributed by atoms with Crippen LogP contribution >= 0.6 is 11.8 Å². The van der Waals surface area contributed by atoms with E-state index in [1.165, 1.54) is 17.8 Å². The lowest BCUT2D eigenvalue weighted by atomic mass is 10.0.